The van der Waals surface area contributed by atoms with Crippen LogP contribution in [0.2, 0.25) is 0 Å². The number of nitrogens with zero attached hydrogens (tertiary/aromatic N) is 4. The lowest BCUT2D eigenvalue weighted by Gasteiger charge is -2.20. The quantitative estimate of drug-likeness (QED) is 0.822. The number of hydrogen-bond donors (Lipinski definition) is 1. The summed E-state index contributed by atoms with van der Waals surface area (Å²) in [6.45, 7) is 12.1. The van der Waals surface area contributed by atoms with Crippen LogP contribution in [0, 0.1) is 0 Å². The number of rotatable bonds is 3. The second-order valence-corrected chi connectivity index (χ2v) is 4.52. The predicted octanol–water partition coefficient (Wildman–Crippen LogP) is 1.46. The van der Waals surface area contributed by atoms with Crippen molar-refractivity contribution >= 4 is 11.9 Å². The first-order valence-electron chi connectivity index (χ1n) is 5.38. The summed E-state index contributed by atoms with van der Waals surface area (Å²) in [5.74, 6) is 1.19. The summed E-state index contributed by atoms with van der Waals surface area (Å²) in [4.78, 5) is 6.36. The molecule has 0 atom stereocenters. The van der Waals surface area contributed by atoms with Crippen molar-refractivity contribution in [3.8, 4) is 0 Å². The highest BCUT2D eigenvalue weighted by atomic mass is 15.5. The molecule has 0 unspecified atom stereocenters. The van der Waals surface area contributed by atoms with E-state index in [0.29, 0.717) is 11.9 Å². The molecule has 5 nitrogen and oxygen atoms in total. The molecule has 0 bridgehead atoms. The number of nitrogen functional groups attached to an aromatic ring is 1. The van der Waals surface area contributed by atoms with Crippen molar-refractivity contribution in [1.82, 2.24) is 14.8 Å². The maximum atomic E-state index is 5.84. The summed E-state index contributed by atoms with van der Waals surface area (Å²) >= 11 is 0. The molecule has 86 valence electrons. The molecule has 0 aliphatic rings. The van der Waals surface area contributed by atoms with E-state index in [9.17, 15) is 0 Å². The zero-order chi connectivity index (χ0) is 11.6. The third-order valence-electron chi connectivity index (χ3n) is 2.30. The van der Waals surface area contributed by atoms with Gasteiger partial charge in [-0.3, -0.25) is 0 Å². The van der Waals surface area contributed by atoms with Crippen LogP contribution in [0.1, 0.15) is 34.6 Å². The van der Waals surface area contributed by atoms with Crippen LogP contribution in [0.25, 0.3) is 0 Å². The summed E-state index contributed by atoms with van der Waals surface area (Å²) in [6.07, 6.45) is 0. The second kappa shape index (κ2) is 4.08. The first-order valence-corrected chi connectivity index (χ1v) is 5.38. The SMILES string of the molecule is CCN(CC)c1nc(N)n(C(C)(C)C)n1. The minimum atomic E-state index is -0.123. The van der Waals surface area contributed by atoms with Crippen LogP contribution in [-0.2, 0) is 5.54 Å². The molecule has 1 rings (SSSR count). The summed E-state index contributed by atoms with van der Waals surface area (Å²) in [5, 5.41) is 4.43. The fourth-order valence-corrected chi connectivity index (χ4v) is 1.45. The van der Waals surface area contributed by atoms with E-state index in [2.05, 4.69) is 49.6 Å². The van der Waals surface area contributed by atoms with Crippen molar-refractivity contribution in [1.29, 1.82) is 0 Å². The Bertz CT molecular complexity index is 319. The maximum Gasteiger partial charge on any atom is 0.246 e. The Kier molecular flexibility index (Phi) is 3.21. The normalized spacial score (nSPS) is 11.8. The average molecular weight is 211 g/mol. The van der Waals surface area contributed by atoms with Crippen molar-refractivity contribution in [3.63, 3.8) is 0 Å². The van der Waals surface area contributed by atoms with Crippen LogP contribution in [0.5, 0.6) is 0 Å². The molecule has 0 saturated heterocycles. The van der Waals surface area contributed by atoms with Crippen LogP contribution < -0.4 is 10.6 Å². The Morgan fingerprint density at radius 2 is 1.80 bits per heavy atom. The highest BCUT2D eigenvalue weighted by Crippen LogP contribution is 2.19. The van der Waals surface area contributed by atoms with E-state index in [0.717, 1.165) is 13.1 Å². The van der Waals surface area contributed by atoms with Gasteiger partial charge in [0.2, 0.25) is 11.9 Å². The van der Waals surface area contributed by atoms with Crippen LogP contribution in [0.4, 0.5) is 11.9 Å². The van der Waals surface area contributed by atoms with Crippen LogP contribution in [0.3, 0.4) is 0 Å². The first-order chi connectivity index (χ1) is 6.90. The molecule has 0 radical (unpaired) electrons. The smallest absolute Gasteiger partial charge is 0.246 e. The third kappa shape index (κ3) is 2.40. The summed E-state index contributed by atoms with van der Waals surface area (Å²) < 4.78 is 1.76. The van der Waals surface area contributed by atoms with Gasteiger partial charge in [0.1, 0.15) is 0 Å². The molecule has 1 aromatic heterocycles. The van der Waals surface area contributed by atoms with E-state index < -0.39 is 0 Å². The van der Waals surface area contributed by atoms with E-state index in [4.69, 9.17) is 5.73 Å². The van der Waals surface area contributed by atoms with Gasteiger partial charge >= 0.3 is 0 Å². The Balaban J connectivity index is 3.05. The number of nitrogens with two attached hydrogens (primary N) is 1. The van der Waals surface area contributed by atoms with Crippen LogP contribution in [0.15, 0.2) is 0 Å². The highest BCUT2D eigenvalue weighted by Gasteiger charge is 2.20. The van der Waals surface area contributed by atoms with Gasteiger partial charge in [-0.1, -0.05) is 0 Å². The second-order valence-electron chi connectivity index (χ2n) is 4.52. The van der Waals surface area contributed by atoms with Gasteiger partial charge in [-0.05, 0) is 34.6 Å². The summed E-state index contributed by atoms with van der Waals surface area (Å²) in [7, 11) is 0. The molecule has 0 saturated carbocycles. The highest BCUT2D eigenvalue weighted by molar-refractivity contribution is 5.35. The van der Waals surface area contributed by atoms with Gasteiger partial charge in [-0.2, -0.15) is 4.98 Å². The van der Waals surface area contributed by atoms with Crippen molar-refractivity contribution in [2.45, 2.75) is 40.2 Å². The largest absolute Gasteiger partial charge is 0.368 e. The van der Waals surface area contributed by atoms with Gasteiger partial charge < -0.3 is 10.6 Å². The van der Waals surface area contributed by atoms with Crippen molar-refractivity contribution in [3.05, 3.63) is 0 Å². The van der Waals surface area contributed by atoms with Crippen molar-refractivity contribution in [2.75, 3.05) is 23.7 Å². The fraction of sp³-hybridized carbons (Fsp3) is 0.800. The van der Waals surface area contributed by atoms with Gasteiger partial charge in [0.05, 0.1) is 5.54 Å². The lowest BCUT2D eigenvalue weighted by Crippen LogP contribution is -2.26. The molecule has 0 aliphatic carbocycles. The molecule has 2 N–H and O–H groups in total. The van der Waals surface area contributed by atoms with Crippen molar-refractivity contribution < 1.29 is 0 Å². The van der Waals surface area contributed by atoms with E-state index in [1.165, 1.54) is 0 Å². The number of aromatic nitrogens is 3. The summed E-state index contributed by atoms with van der Waals surface area (Å²) in [6, 6.07) is 0. The molecule has 0 spiro atoms. The molecule has 1 heterocycles. The Morgan fingerprint density at radius 1 is 1.27 bits per heavy atom. The Hall–Kier alpha value is -1.26. The predicted molar refractivity (Wildman–Crippen MR) is 63.0 cm³/mol. The van der Waals surface area contributed by atoms with Gasteiger partial charge in [-0.25, -0.2) is 4.68 Å². The van der Waals surface area contributed by atoms with Gasteiger partial charge in [0, 0.05) is 13.1 Å². The lowest BCUT2D eigenvalue weighted by atomic mass is 10.1. The molecule has 0 fully saturated rings. The standard InChI is InChI=1S/C10H21N5/c1-6-14(7-2)9-12-8(11)15(13-9)10(3,4)5/h6-7H2,1-5H3,(H2,11,12,13). The van der Waals surface area contributed by atoms with Crippen LogP contribution >= 0.6 is 0 Å². The maximum absolute atomic E-state index is 5.84. The molecule has 0 amide bonds. The average Bonchev–Trinajstić information content (AvgIpc) is 2.49. The van der Waals surface area contributed by atoms with E-state index >= 15 is 0 Å². The van der Waals surface area contributed by atoms with Gasteiger partial charge in [0.15, 0.2) is 0 Å². The molecule has 5 heteroatoms. The van der Waals surface area contributed by atoms with E-state index in [1.54, 1.807) is 4.68 Å². The molecular weight excluding hydrogens is 190 g/mol. The Morgan fingerprint density at radius 3 is 2.13 bits per heavy atom. The Labute approximate surface area is 91.3 Å². The van der Waals surface area contributed by atoms with Crippen molar-refractivity contribution in [2.24, 2.45) is 0 Å². The molecular formula is C10H21N5. The zero-order valence-electron chi connectivity index (χ0n) is 10.3. The molecule has 0 aliphatic heterocycles. The fourth-order valence-electron chi connectivity index (χ4n) is 1.45. The minimum Gasteiger partial charge on any atom is -0.368 e. The number of anilines is 2. The topological polar surface area (TPSA) is 60.0 Å². The third-order valence-corrected chi connectivity index (χ3v) is 2.30. The summed E-state index contributed by atoms with van der Waals surface area (Å²) in [5.41, 5.74) is 5.71. The first kappa shape index (κ1) is 11.8. The van der Waals surface area contributed by atoms with E-state index in [1.807, 2.05) is 0 Å². The minimum absolute atomic E-state index is 0.123. The monoisotopic (exact) mass is 211 g/mol. The zero-order valence-corrected chi connectivity index (χ0v) is 10.3. The molecule has 1 aromatic rings. The number of hydrogen-bond acceptors (Lipinski definition) is 4. The molecule has 15 heavy (non-hydrogen) atoms. The van der Waals surface area contributed by atoms with Crippen LogP contribution in [-0.4, -0.2) is 27.9 Å². The molecule has 0 aromatic carbocycles. The lowest BCUT2D eigenvalue weighted by molar-refractivity contribution is 0.361. The van der Waals surface area contributed by atoms with Gasteiger partial charge in [-0.15, -0.1) is 5.10 Å². The van der Waals surface area contributed by atoms with E-state index in [-0.39, 0.29) is 5.54 Å². The van der Waals surface area contributed by atoms with Gasteiger partial charge in [0.25, 0.3) is 0 Å².